The monoisotopic (exact) mass is 418 g/mol. The molecule has 7 nitrogen and oxygen atoms in total. The fraction of sp³-hybridized carbons (Fsp3) is 0.286. The van der Waals surface area contributed by atoms with Crippen LogP contribution in [0.3, 0.4) is 0 Å². The van der Waals surface area contributed by atoms with Crippen LogP contribution in [0.1, 0.15) is 30.5 Å². The van der Waals surface area contributed by atoms with Crippen LogP contribution in [-0.4, -0.2) is 27.6 Å². The summed E-state index contributed by atoms with van der Waals surface area (Å²) >= 11 is 0. The normalized spacial score (nSPS) is 14.5. The Labute approximate surface area is 170 Å². The predicted molar refractivity (Wildman–Crippen MR) is 107 cm³/mol. The molecular weight excluding hydrogens is 396 g/mol. The Hall–Kier alpha value is -3.00. The van der Waals surface area contributed by atoms with Gasteiger partial charge in [-0.3, -0.25) is 4.79 Å². The number of hydrogen-bond acceptors (Lipinski definition) is 7. The molecule has 0 aromatic heterocycles. The number of carbonyl (C=O) groups excluding carboxylic acids is 1. The summed E-state index contributed by atoms with van der Waals surface area (Å²) in [6.07, 6.45) is 3.67. The zero-order chi connectivity index (χ0) is 21.2. The number of ether oxygens (including phenoxy) is 3. The van der Waals surface area contributed by atoms with Crippen LogP contribution in [-0.2, 0) is 26.3 Å². The van der Waals surface area contributed by atoms with Gasteiger partial charge >= 0.3 is 10.1 Å². The number of aryl methyl sites for hydroxylation is 1. The van der Waals surface area contributed by atoms with Gasteiger partial charge in [0.2, 0.25) is 0 Å². The first kappa shape index (κ1) is 20.7. The van der Waals surface area contributed by atoms with E-state index in [0.29, 0.717) is 17.1 Å². The van der Waals surface area contributed by atoms with Crippen molar-refractivity contribution in [3.63, 3.8) is 0 Å². The standard InChI is InChI=1S/C21H22O7S/c1-14-5-7-15(8-6-14)29(23,24)28-19-11-18-16(9-10-21(2,3)27-18)20(25-4)17(19)12-26-13-22/h5-11,13H,12H2,1-4H3. The third kappa shape index (κ3) is 4.37. The minimum absolute atomic E-state index is 0.00295. The van der Waals surface area contributed by atoms with Gasteiger partial charge in [0.1, 0.15) is 28.6 Å². The summed E-state index contributed by atoms with van der Waals surface area (Å²) in [6, 6.07) is 7.75. The first-order valence-electron chi connectivity index (χ1n) is 8.85. The highest BCUT2D eigenvalue weighted by Gasteiger charge is 2.29. The van der Waals surface area contributed by atoms with Crippen LogP contribution in [0.25, 0.3) is 6.08 Å². The van der Waals surface area contributed by atoms with E-state index in [2.05, 4.69) is 0 Å². The molecule has 0 amide bonds. The molecular formula is C21H22O7S. The van der Waals surface area contributed by atoms with Crippen LogP contribution in [0, 0.1) is 6.92 Å². The molecule has 0 N–H and O–H groups in total. The van der Waals surface area contributed by atoms with E-state index in [-0.39, 0.29) is 29.3 Å². The lowest BCUT2D eigenvalue weighted by Gasteiger charge is -2.30. The minimum Gasteiger partial charge on any atom is -0.495 e. The zero-order valence-electron chi connectivity index (χ0n) is 16.6. The second-order valence-corrected chi connectivity index (χ2v) is 8.64. The van der Waals surface area contributed by atoms with Gasteiger partial charge in [-0.25, -0.2) is 0 Å². The lowest BCUT2D eigenvalue weighted by atomic mass is 9.99. The van der Waals surface area contributed by atoms with Gasteiger partial charge in [0.05, 0.1) is 18.2 Å². The van der Waals surface area contributed by atoms with Crippen LogP contribution in [0.15, 0.2) is 41.3 Å². The van der Waals surface area contributed by atoms with Gasteiger partial charge in [-0.2, -0.15) is 8.42 Å². The summed E-state index contributed by atoms with van der Waals surface area (Å²) in [5.74, 6) is 0.678. The predicted octanol–water partition coefficient (Wildman–Crippen LogP) is 3.63. The summed E-state index contributed by atoms with van der Waals surface area (Å²) in [7, 11) is -2.69. The van der Waals surface area contributed by atoms with Crippen molar-refractivity contribution in [3.05, 3.63) is 53.1 Å². The fourth-order valence-electron chi connectivity index (χ4n) is 2.95. The second-order valence-electron chi connectivity index (χ2n) is 7.09. The van der Waals surface area contributed by atoms with Crippen molar-refractivity contribution in [2.75, 3.05) is 7.11 Å². The molecule has 1 heterocycles. The first-order valence-corrected chi connectivity index (χ1v) is 10.3. The maximum Gasteiger partial charge on any atom is 0.339 e. The van der Waals surface area contributed by atoms with Crippen molar-refractivity contribution >= 4 is 22.7 Å². The molecule has 154 valence electrons. The van der Waals surface area contributed by atoms with Gasteiger partial charge in [0.25, 0.3) is 6.47 Å². The molecule has 2 aromatic rings. The molecule has 8 heteroatoms. The lowest BCUT2D eigenvalue weighted by Crippen LogP contribution is -2.28. The highest BCUT2D eigenvalue weighted by atomic mass is 32.2. The largest absolute Gasteiger partial charge is 0.495 e. The number of benzene rings is 2. The number of hydrogen-bond donors (Lipinski definition) is 0. The topological polar surface area (TPSA) is 88.1 Å². The second kappa shape index (κ2) is 7.79. The molecule has 2 aromatic carbocycles. The van der Waals surface area contributed by atoms with E-state index in [1.807, 2.05) is 32.9 Å². The van der Waals surface area contributed by atoms with E-state index >= 15 is 0 Å². The van der Waals surface area contributed by atoms with Gasteiger partial charge in [-0.15, -0.1) is 0 Å². The highest BCUT2D eigenvalue weighted by molar-refractivity contribution is 7.87. The Bertz CT molecular complexity index is 1050. The number of fused-ring (bicyclic) bond motifs is 1. The molecule has 0 aliphatic carbocycles. The zero-order valence-corrected chi connectivity index (χ0v) is 17.4. The number of rotatable bonds is 7. The van der Waals surface area contributed by atoms with Crippen molar-refractivity contribution in [1.82, 2.24) is 0 Å². The summed E-state index contributed by atoms with van der Waals surface area (Å²) in [5, 5.41) is 0. The third-order valence-electron chi connectivity index (χ3n) is 4.38. The molecule has 29 heavy (non-hydrogen) atoms. The highest BCUT2D eigenvalue weighted by Crippen LogP contribution is 2.44. The summed E-state index contributed by atoms with van der Waals surface area (Å²) in [6.45, 7) is 5.63. The summed E-state index contributed by atoms with van der Waals surface area (Å²) < 4.78 is 47.3. The van der Waals surface area contributed by atoms with Crippen LogP contribution in [0.2, 0.25) is 0 Å². The van der Waals surface area contributed by atoms with Gasteiger partial charge in [-0.1, -0.05) is 17.7 Å². The number of methoxy groups -OCH3 is 1. The summed E-state index contributed by atoms with van der Waals surface area (Å²) in [4.78, 5) is 10.7. The third-order valence-corrected chi connectivity index (χ3v) is 5.63. The molecule has 1 aliphatic rings. The van der Waals surface area contributed by atoms with Crippen molar-refractivity contribution in [1.29, 1.82) is 0 Å². The average molecular weight is 418 g/mol. The van der Waals surface area contributed by atoms with E-state index in [9.17, 15) is 13.2 Å². The van der Waals surface area contributed by atoms with Crippen molar-refractivity contribution < 1.29 is 31.6 Å². The smallest absolute Gasteiger partial charge is 0.339 e. The van der Waals surface area contributed by atoms with Gasteiger partial charge in [0, 0.05) is 6.07 Å². The van der Waals surface area contributed by atoms with E-state index in [0.717, 1.165) is 5.56 Å². The maximum absolute atomic E-state index is 12.8. The Morgan fingerprint density at radius 1 is 1.17 bits per heavy atom. The molecule has 0 spiro atoms. The van der Waals surface area contributed by atoms with Crippen molar-refractivity contribution in [3.8, 4) is 17.2 Å². The van der Waals surface area contributed by atoms with E-state index in [1.165, 1.54) is 25.3 Å². The maximum atomic E-state index is 12.8. The average Bonchev–Trinajstić information content (AvgIpc) is 2.65. The Morgan fingerprint density at radius 3 is 2.48 bits per heavy atom. The van der Waals surface area contributed by atoms with Crippen molar-refractivity contribution in [2.45, 2.75) is 37.9 Å². The fourth-order valence-corrected chi connectivity index (χ4v) is 3.90. The molecule has 0 saturated carbocycles. The Morgan fingerprint density at radius 2 is 1.86 bits per heavy atom. The molecule has 3 rings (SSSR count). The molecule has 0 saturated heterocycles. The van der Waals surface area contributed by atoms with Crippen molar-refractivity contribution in [2.24, 2.45) is 0 Å². The Kier molecular flexibility index (Phi) is 5.57. The number of carbonyl (C=O) groups is 1. The van der Waals surface area contributed by atoms with E-state index < -0.39 is 15.7 Å². The molecule has 0 fully saturated rings. The SMILES string of the molecule is COc1c2c(cc(OS(=O)(=O)c3ccc(C)cc3)c1COC=O)OC(C)(C)C=C2. The molecule has 0 unspecified atom stereocenters. The lowest BCUT2D eigenvalue weighted by molar-refractivity contribution is -0.129. The van der Waals surface area contributed by atoms with Crippen LogP contribution < -0.4 is 13.7 Å². The van der Waals surface area contributed by atoms with Gasteiger partial charge in [-0.05, 0) is 45.1 Å². The Balaban J connectivity index is 2.12. The summed E-state index contributed by atoms with van der Waals surface area (Å²) in [5.41, 5.74) is 1.21. The van der Waals surface area contributed by atoms with E-state index in [1.54, 1.807) is 12.1 Å². The van der Waals surface area contributed by atoms with Crippen LogP contribution >= 0.6 is 0 Å². The van der Waals surface area contributed by atoms with Crippen LogP contribution in [0.5, 0.6) is 17.2 Å². The molecule has 1 aliphatic heterocycles. The quantitative estimate of drug-likeness (QED) is 0.501. The van der Waals surface area contributed by atoms with E-state index in [4.69, 9.17) is 18.4 Å². The molecule has 0 bridgehead atoms. The first-order chi connectivity index (χ1) is 13.7. The molecule has 0 atom stereocenters. The molecule has 0 radical (unpaired) electrons. The van der Waals surface area contributed by atoms with Gasteiger partial charge < -0.3 is 18.4 Å². The minimum atomic E-state index is -4.13. The van der Waals surface area contributed by atoms with Gasteiger partial charge in [0.15, 0.2) is 5.75 Å². The van der Waals surface area contributed by atoms with Crippen LogP contribution in [0.4, 0.5) is 0 Å².